The summed E-state index contributed by atoms with van der Waals surface area (Å²) in [4.78, 5) is 4.04. The molecular weight excluding hydrogens is 202 g/mol. The fourth-order valence-corrected chi connectivity index (χ4v) is 1.83. The van der Waals surface area contributed by atoms with Gasteiger partial charge in [0, 0.05) is 17.3 Å². The molecule has 0 aliphatic heterocycles. The van der Waals surface area contributed by atoms with E-state index in [1.54, 1.807) is 0 Å². The van der Waals surface area contributed by atoms with E-state index in [1.807, 2.05) is 12.1 Å². The number of hydrogen-bond acceptors (Lipinski definition) is 4. The molecule has 0 saturated heterocycles. The number of aromatic nitrogens is 2. The summed E-state index contributed by atoms with van der Waals surface area (Å²) >= 11 is 0. The van der Waals surface area contributed by atoms with E-state index in [0.29, 0.717) is 11.9 Å². The first-order valence-corrected chi connectivity index (χ1v) is 5.55. The molecule has 3 rings (SSSR count). The maximum atomic E-state index is 4.74. The van der Waals surface area contributed by atoms with Crippen molar-refractivity contribution in [3.8, 4) is 11.4 Å². The van der Waals surface area contributed by atoms with Crippen LogP contribution < -0.4 is 5.32 Å². The van der Waals surface area contributed by atoms with Gasteiger partial charge in [0.05, 0.1) is 0 Å². The summed E-state index contributed by atoms with van der Waals surface area (Å²) in [6.07, 6.45) is 5.22. The molecule has 1 N–H and O–H groups in total. The Hall–Kier alpha value is -1.84. The van der Waals surface area contributed by atoms with Crippen LogP contribution in [-0.2, 0) is 0 Å². The number of benzene rings is 1. The molecule has 1 saturated carbocycles. The Labute approximate surface area is 93.7 Å². The van der Waals surface area contributed by atoms with Crippen LogP contribution in [0.1, 0.15) is 19.3 Å². The van der Waals surface area contributed by atoms with Crippen molar-refractivity contribution in [2.24, 2.45) is 0 Å². The van der Waals surface area contributed by atoms with E-state index < -0.39 is 0 Å². The molecular formula is C12H13N3O. The van der Waals surface area contributed by atoms with Crippen molar-refractivity contribution in [2.45, 2.75) is 25.3 Å². The zero-order chi connectivity index (χ0) is 10.8. The summed E-state index contributed by atoms with van der Waals surface area (Å²) in [6.45, 7) is 0. The van der Waals surface area contributed by atoms with Gasteiger partial charge in [0.25, 0.3) is 0 Å². The van der Waals surface area contributed by atoms with Crippen LogP contribution in [0.3, 0.4) is 0 Å². The van der Waals surface area contributed by atoms with E-state index in [9.17, 15) is 0 Å². The summed E-state index contributed by atoms with van der Waals surface area (Å²) < 4.78 is 4.74. The Bertz CT molecular complexity index is 463. The third kappa shape index (κ3) is 1.78. The summed E-state index contributed by atoms with van der Waals surface area (Å²) in [5.74, 6) is 0.636. The second kappa shape index (κ2) is 3.96. The van der Waals surface area contributed by atoms with Gasteiger partial charge in [-0.2, -0.15) is 4.98 Å². The van der Waals surface area contributed by atoms with Crippen LogP contribution in [0, 0.1) is 0 Å². The third-order valence-corrected chi connectivity index (χ3v) is 2.96. The highest BCUT2D eigenvalue weighted by Gasteiger charge is 2.16. The Balaban J connectivity index is 1.82. The normalized spacial score (nSPS) is 15.8. The van der Waals surface area contributed by atoms with E-state index in [0.717, 1.165) is 11.3 Å². The van der Waals surface area contributed by atoms with Gasteiger partial charge in [0.15, 0.2) is 0 Å². The maximum Gasteiger partial charge on any atom is 0.214 e. The molecule has 0 amide bonds. The Morgan fingerprint density at radius 2 is 2.25 bits per heavy atom. The van der Waals surface area contributed by atoms with Crippen molar-refractivity contribution < 1.29 is 4.52 Å². The highest BCUT2D eigenvalue weighted by Crippen LogP contribution is 2.25. The Kier molecular flexibility index (Phi) is 2.33. The van der Waals surface area contributed by atoms with E-state index in [-0.39, 0.29) is 0 Å². The van der Waals surface area contributed by atoms with Crippen molar-refractivity contribution >= 4 is 5.69 Å². The smallest absolute Gasteiger partial charge is 0.214 e. The first kappa shape index (κ1) is 9.39. The maximum absolute atomic E-state index is 4.74. The average molecular weight is 215 g/mol. The molecule has 4 nitrogen and oxygen atoms in total. The topological polar surface area (TPSA) is 51.0 Å². The molecule has 0 spiro atoms. The fraction of sp³-hybridized carbons (Fsp3) is 0.333. The minimum absolute atomic E-state index is 0.636. The van der Waals surface area contributed by atoms with Crippen LogP contribution in [0.5, 0.6) is 0 Å². The van der Waals surface area contributed by atoms with Gasteiger partial charge in [0.2, 0.25) is 12.2 Å². The lowest BCUT2D eigenvalue weighted by molar-refractivity contribution is 0.419. The number of nitrogens with zero attached hydrogens (tertiary/aromatic N) is 2. The van der Waals surface area contributed by atoms with Gasteiger partial charge in [-0.05, 0) is 31.4 Å². The van der Waals surface area contributed by atoms with Crippen molar-refractivity contribution in [1.82, 2.24) is 10.1 Å². The SMILES string of the molecule is c1cc(NC2CCC2)cc(-c2ncon2)c1. The minimum Gasteiger partial charge on any atom is -0.382 e. The molecule has 0 radical (unpaired) electrons. The highest BCUT2D eigenvalue weighted by molar-refractivity contribution is 5.62. The largest absolute Gasteiger partial charge is 0.382 e. The van der Waals surface area contributed by atoms with Gasteiger partial charge >= 0.3 is 0 Å². The average Bonchev–Trinajstić information content (AvgIpc) is 2.77. The number of rotatable bonds is 3. The standard InChI is InChI=1S/C12H13N3O/c1-3-9(12-13-8-16-15-12)7-11(6-1)14-10-4-2-5-10/h1,3,6-8,10,14H,2,4-5H2. The summed E-state index contributed by atoms with van der Waals surface area (Å²) in [5, 5.41) is 7.32. The molecule has 1 aliphatic rings. The summed E-state index contributed by atoms with van der Waals surface area (Å²) in [6, 6.07) is 8.76. The van der Waals surface area contributed by atoms with Crippen LogP contribution in [0.2, 0.25) is 0 Å². The van der Waals surface area contributed by atoms with Crippen molar-refractivity contribution in [2.75, 3.05) is 5.32 Å². The molecule has 0 unspecified atom stereocenters. The molecule has 1 aliphatic carbocycles. The Morgan fingerprint density at radius 3 is 2.94 bits per heavy atom. The molecule has 1 heterocycles. The fourth-order valence-electron chi connectivity index (χ4n) is 1.83. The lowest BCUT2D eigenvalue weighted by atomic mass is 9.93. The number of anilines is 1. The van der Waals surface area contributed by atoms with Gasteiger partial charge in [0.1, 0.15) is 0 Å². The number of hydrogen-bond donors (Lipinski definition) is 1. The quantitative estimate of drug-likeness (QED) is 0.855. The molecule has 1 aromatic heterocycles. The van der Waals surface area contributed by atoms with Crippen LogP contribution in [0.25, 0.3) is 11.4 Å². The predicted octanol–water partition coefficient (Wildman–Crippen LogP) is 2.70. The molecule has 2 aromatic rings. The molecule has 0 bridgehead atoms. The molecule has 0 atom stereocenters. The van der Waals surface area contributed by atoms with Crippen molar-refractivity contribution in [3.05, 3.63) is 30.7 Å². The molecule has 16 heavy (non-hydrogen) atoms. The monoisotopic (exact) mass is 215 g/mol. The van der Waals surface area contributed by atoms with Gasteiger partial charge in [-0.15, -0.1) is 0 Å². The summed E-state index contributed by atoms with van der Waals surface area (Å²) in [5.41, 5.74) is 2.12. The van der Waals surface area contributed by atoms with Crippen LogP contribution in [0.15, 0.2) is 35.2 Å². The molecule has 82 valence electrons. The van der Waals surface area contributed by atoms with Crippen molar-refractivity contribution in [1.29, 1.82) is 0 Å². The predicted molar refractivity (Wildman–Crippen MR) is 61.0 cm³/mol. The molecule has 4 heteroatoms. The minimum atomic E-state index is 0.636. The summed E-state index contributed by atoms with van der Waals surface area (Å²) in [7, 11) is 0. The number of nitrogens with one attached hydrogen (secondary N) is 1. The first-order valence-electron chi connectivity index (χ1n) is 5.55. The lowest BCUT2D eigenvalue weighted by Gasteiger charge is -2.27. The van der Waals surface area contributed by atoms with Gasteiger partial charge in [-0.1, -0.05) is 17.3 Å². The lowest BCUT2D eigenvalue weighted by Crippen LogP contribution is -2.26. The van der Waals surface area contributed by atoms with Gasteiger partial charge in [-0.25, -0.2) is 0 Å². The Morgan fingerprint density at radius 1 is 1.31 bits per heavy atom. The second-order valence-electron chi connectivity index (χ2n) is 4.11. The van der Waals surface area contributed by atoms with E-state index in [4.69, 9.17) is 4.52 Å². The zero-order valence-electron chi connectivity index (χ0n) is 8.89. The molecule has 1 aromatic carbocycles. The highest BCUT2D eigenvalue weighted by atomic mass is 16.5. The van der Waals surface area contributed by atoms with Crippen LogP contribution in [-0.4, -0.2) is 16.2 Å². The van der Waals surface area contributed by atoms with Crippen LogP contribution >= 0.6 is 0 Å². The van der Waals surface area contributed by atoms with Gasteiger partial charge < -0.3 is 9.84 Å². The van der Waals surface area contributed by atoms with Crippen LogP contribution in [0.4, 0.5) is 5.69 Å². The van der Waals surface area contributed by atoms with Gasteiger partial charge in [-0.3, -0.25) is 0 Å². The third-order valence-electron chi connectivity index (χ3n) is 2.96. The second-order valence-corrected chi connectivity index (χ2v) is 4.11. The molecule has 1 fully saturated rings. The van der Waals surface area contributed by atoms with E-state index in [1.165, 1.54) is 25.7 Å². The van der Waals surface area contributed by atoms with Crippen molar-refractivity contribution in [3.63, 3.8) is 0 Å². The van der Waals surface area contributed by atoms with E-state index >= 15 is 0 Å². The van der Waals surface area contributed by atoms with E-state index in [2.05, 4.69) is 27.6 Å². The zero-order valence-corrected chi connectivity index (χ0v) is 8.89. The first-order chi connectivity index (χ1) is 7.92.